The minimum Gasteiger partial charge on any atom is -0.467 e. The molecule has 0 fully saturated rings. The highest BCUT2D eigenvalue weighted by Gasteiger charge is 2.25. The van der Waals surface area contributed by atoms with E-state index in [4.69, 9.17) is 4.74 Å². The lowest BCUT2D eigenvalue weighted by Crippen LogP contribution is -2.45. The van der Waals surface area contributed by atoms with Gasteiger partial charge >= 0.3 is 5.97 Å². The number of H-pyrrole nitrogens is 1. The second-order valence-electron chi connectivity index (χ2n) is 5.00. The molecule has 1 aromatic heterocycles. The second kappa shape index (κ2) is 5.77. The summed E-state index contributed by atoms with van der Waals surface area (Å²) in [7, 11) is 1.31. The molecule has 1 heterocycles. The third-order valence-corrected chi connectivity index (χ3v) is 3.23. The first-order valence-electron chi connectivity index (χ1n) is 6.48. The summed E-state index contributed by atoms with van der Waals surface area (Å²) in [6, 6.07) is 6.65. The molecule has 1 atom stereocenters. The number of aromatic amines is 1. The first-order chi connectivity index (χ1) is 9.52. The molecule has 1 aromatic carbocycles. The predicted octanol–water partition coefficient (Wildman–Crippen LogP) is 2.10. The van der Waals surface area contributed by atoms with Crippen molar-refractivity contribution in [2.75, 3.05) is 7.11 Å². The number of benzene rings is 1. The highest BCUT2D eigenvalue weighted by Crippen LogP contribution is 2.14. The van der Waals surface area contributed by atoms with E-state index in [1.807, 2.05) is 32.2 Å². The molecule has 0 saturated heterocycles. The Labute approximate surface area is 117 Å². The van der Waals surface area contributed by atoms with Gasteiger partial charge in [-0.1, -0.05) is 19.9 Å². The molecule has 2 aromatic rings. The Bertz CT molecular complexity index is 631. The normalized spacial score (nSPS) is 12.4. The lowest BCUT2D eigenvalue weighted by Gasteiger charge is -2.19. The number of methoxy groups -OCH3 is 1. The van der Waals surface area contributed by atoms with Gasteiger partial charge in [0.05, 0.1) is 7.11 Å². The topological polar surface area (TPSA) is 71.2 Å². The van der Waals surface area contributed by atoms with Crippen molar-refractivity contribution >= 4 is 22.8 Å². The molecular formula is C15H18N2O3. The molecule has 20 heavy (non-hydrogen) atoms. The summed E-state index contributed by atoms with van der Waals surface area (Å²) in [5.41, 5.74) is 1.39. The lowest BCUT2D eigenvalue weighted by atomic mass is 10.0. The number of carbonyl (C=O) groups excluding carboxylic acids is 2. The number of nitrogens with one attached hydrogen (secondary N) is 2. The van der Waals surface area contributed by atoms with Crippen LogP contribution in [-0.4, -0.2) is 30.0 Å². The predicted molar refractivity (Wildman–Crippen MR) is 76.4 cm³/mol. The summed E-state index contributed by atoms with van der Waals surface area (Å²) in [6.45, 7) is 3.71. The van der Waals surface area contributed by atoms with Crippen LogP contribution < -0.4 is 5.32 Å². The zero-order chi connectivity index (χ0) is 14.7. The largest absolute Gasteiger partial charge is 0.467 e. The van der Waals surface area contributed by atoms with Crippen molar-refractivity contribution in [1.29, 1.82) is 0 Å². The Kier molecular flexibility index (Phi) is 4.08. The van der Waals surface area contributed by atoms with Gasteiger partial charge in [-0.25, -0.2) is 4.79 Å². The zero-order valence-corrected chi connectivity index (χ0v) is 11.8. The quantitative estimate of drug-likeness (QED) is 0.839. The van der Waals surface area contributed by atoms with Crippen LogP contribution >= 0.6 is 0 Å². The molecule has 1 unspecified atom stereocenters. The second-order valence-corrected chi connectivity index (χ2v) is 5.00. The summed E-state index contributed by atoms with van der Waals surface area (Å²) in [4.78, 5) is 26.9. The number of hydrogen-bond donors (Lipinski definition) is 2. The Morgan fingerprint density at radius 1 is 1.25 bits per heavy atom. The van der Waals surface area contributed by atoms with Gasteiger partial charge in [0.25, 0.3) is 5.91 Å². The fourth-order valence-corrected chi connectivity index (χ4v) is 2.04. The molecule has 5 heteroatoms. The molecule has 0 saturated carbocycles. The number of rotatable bonds is 4. The van der Waals surface area contributed by atoms with Gasteiger partial charge < -0.3 is 15.0 Å². The van der Waals surface area contributed by atoms with Crippen LogP contribution in [-0.2, 0) is 9.53 Å². The van der Waals surface area contributed by atoms with Crippen LogP contribution in [0, 0.1) is 5.92 Å². The van der Waals surface area contributed by atoms with Crippen molar-refractivity contribution in [2.24, 2.45) is 5.92 Å². The molecule has 0 bridgehead atoms. The highest BCUT2D eigenvalue weighted by molar-refractivity contribution is 5.99. The maximum absolute atomic E-state index is 12.2. The van der Waals surface area contributed by atoms with Crippen molar-refractivity contribution < 1.29 is 14.3 Å². The number of hydrogen-bond acceptors (Lipinski definition) is 3. The SMILES string of the molecule is COC(=O)C(NC(=O)c1ccc2cc[nH]c2c1)C(C)C. The zero-order valence-electron chi connectivity index (χ0n) is 11.8. The minimum atomic E-state index is -0.646. The van der Waals surface area contributed by atoms with Gasteiger partial charge in [-0.05, 0) is 29.5 Å². The molecule has 0 spiro atoms. The standard InChI is InChI=1S/C15H18N2O3/c1-9(2)13(15(19)20-3)17-14(18)11-5-4-10-6-7-16-12(10)8-11/h4-9,13,16H,1-3H3,(H,17,18). The molecule has 0 aliphatic rings. The summed E-state index contributed by atoms with van der Waals surface area (Å²) in [5.74, 6) is -0.763. The van der Waals surface area contributed by atoms with E-state index in [1.165, 1.54) is 7.11 Å². The van der Waals surface area contributed by atoms with Gasteiger partial charge in [0.15, 0.2) is 0 Å². The van der Waals surface area contributed by atoms with Gasteiger partial charge in [0, 0.05) is 17.3 Å². The Morgan fingerprint density at radius 2 is 2.00 bits per heavy atom. The van der Waals surface area contributed by atoms with Gasteiger partial charge in [0.2, 0.25) is 0 Å². The number of esters is 1. The van der Waals surface area contributed by atoms with E-state index >= 15 is 0 Å². The van der Waals surface area contributed by atoms with Crippen molar-refractivity contribution in [3.63, 3.8) is 0 Å². The van der Waals surface area contributed by atoms with Gasteiger partial charge in [0.1, 0.15) is 6.04 Å². The summed E-state index contributed by atoms with van der Waals surface area (Å²) in [6.07, 6.45) is 1.82. The van der Waals surface area contributed by atoms with E-state index in [9.17, 15) is 9.59 Å². The van der Waals surface area contributed by atoms with Crippen molar-refractivity contribution in [3.05, 3.63) is 36.0 Å². The maximum Gasteiger partial charge on any atom is 0.328 e. The van der Waals surface area contributed by atoms with Crippen LogP contribution in [0.4, 0.5) is 0 Å². The Morgan fingerprint density at radius 3 is 2.65 bits per heavy atom. The molecule has 1 amide bonds. The highest BCUT2D eigenvalue weighted by atomic mass is 16.5. The third-order valence-electron chi connectivity index (χ3n) is 3.23. The summed E-state index contributed by atoms with van der Waals surface area (Å²) in [5, 5.41) is 3.75. The smallest absolute Gasteiger partial charge is 0.328 e. The van der Waals surface area contributed by atoms with Crippen molar-refractivity contribution in [2.45, 2.75) is 19.9 Å². The summed E-state index contributed by atoms with van der Waals surface area (Å²) < 4.78 is 4.71. The third kappa shape index (κ3) is 2.82. The van der Waals surface area contributed by atoms with Crippen LogP contribution in [0.3, 0.4) is 0 Å². The molecule has 2 N–H and O–H groups in total. The van der Waals surface area contributed by atoms with Crippen LogP contribution in [0.2, 0.25) is 0 Å². The van der Waals surface area contributed by atoms with E-state index < -0.39 is 12.0 Å². The van der Waals surface area contributed by atoms with E-state index in [0.29, 0.717) is 5.56 Å². The molecule has 0 radical (unpaired) electrons. The average molecular weight is 274 g/mol. The lowest BCUT2D eigenvalue weighted by molar-refractivity contribution is -0.144. The fraction of sp³-hybridized carbons (Fsp3) is 0.333. The van der Waals surface area contributed by atoms with Crippen LogP contribution in [0.1, 0.15) is 24.2 Å². The number of amides is 1. The summed E-state index contributed by atoms with van der Waals surface area (Å²) >= 11 is 0. The molecular weight excluding hydrogens is 256 g/mol. The first-order valence-corrected chi connectivity index (χ1v) is 6.48. The van der Waals surface area contributed by atoms with Gasteiger partial charge in [-0.2, -0.15) is 0 Å². The number of ether oxygens (including phenoxy) is 1. The average Bonchev–Trinajstić information content (AvgIpc) is 2.90. The Balaban J connectivity index is 2.19. The number of fused-ring (bicyclic) bond motifs is 1. The van der Waals surface area contributed by atoms with E-state index in [2.05, 4.69) is 10.3 Å². The first kappa shape index (κ1) is 14.1. The maximum atomic E-state index is 12.2. The molecule has 106 valence electrons. The number of aromatic nitrogens is 1. The molecule has 5 nitrogen and oxygen atoms in total. The van der Waals surface area contributed by atoms with Crippen molar-refractivity contribution in [1.82, 2.24) is 10.3 Å². The van der Waals surface area contributed by atoms with Crippen LogP contribution in [0.15, 0.2) is 30.5 Å². The van der Waals surface area contributed by atoms with Gasteiger partial charge in [-0.3, -0.25) is 4.79 Å². The molecule has 0 aliphatic carbocycles. The van der Waals surface area contributed by atoms with Crippen molar-refractivity contribution in [3.8, 4) is 0 Å². The fourth-order valence-electron chi connectivity index (χ4n) is 2.04. The monoisotopic (exact) mass is 274 g/mol. The molecule has 2 rings (SSSR count). The Hall–Kier alpha value is -2.30. The van der Waals surface area contributed by atoms with Crippen LogP contribution in [0.25, 0.3) is 10.9 Å². The van der Waals surface area contributed by atoms with E-state index in [0.717, 1.165) is 10.9 Å². The van der Waals surface area contributed by atoms with E-state index in [1.54, 1.807) is 12.1 Å². The molecule has 0 aliphatic heterocycles. The van der Waals surface area contributed by atoms with Crippen LogP contribution in [0.5, 0.6) is 0 Å². The van der Waals surface area contributed by atoms with E-state index in [-0.39, 0.29) is 11.8 Å². The van der Waals surface area contributed by atoms with Gasteiger partial charge in [-0.15, -0.1) is 0 Å². The minimum absolute atomic E-state index is 0.0411. The number of carbonyl (C=O) groups is 2.